The number of methoxy groups -OCH3 is 1. The number of halogens is 1. The molecule has 0 fully saturated rings. The summed E-state index contributed by atoms with van der Waals surface area (Å²) in [6.07, 6.45) is 1.76. The molecule has 0 amide bonds. The van der Waals surface area contributed by atoms with Crippen LogP contribution in [0.25, 0.3) is 0 Å². The molecule has 21 heavy (non-hydrogen) atoms. The zero-order valence-electron chi connectivity index (χ0n) is 11.9. The molecule has 0 unspecified atom stereocenters. The van der Waals surface area contributed by atoms with Crippen molar-refractivity contribution in [2.75, 3.05) is 20.3 Å². The Kier molecular flexibility index (Phi) is 6.59. The van der Waals surface area contributed by atoms with E-state index in [2.05, 4.69) is 15.3 Å². The third kappa shape index (κ3) is 5.79. The fourth-order valence-electron chi connectivity index (χ4n) is 1.68. The molecule has 112 valence electrons. The smallest absolute Gasteiger partial charge is 0.138 e. The lowest BCUT2D eigenvalue weighted by atomic mass is 10.4. The molecule has 2 aromatic rings. The zero-order chi connectivity index (χ0) is 14.9. The highest BCUT2D eigenvalue weighted by molar-refractivity contribution is 7.98. The molecule has 1 aromatic carbocycles. The first-order valence-corrected chi connectivity index (χ1v) is 7.65. The first-order valence-electron chi connectivity index (χ1n) is 6.67. The Morgan fingerprint density at radius 3 is 2.81 bits per heavy atom. The van der Waals surface area contributed by atoms with E-state index in [1.54, 1.807) is 37.2 Å². The number of ether oxygens (including phenoxy) is 1. The van der Waals surface area contributed by atoms with Gasteiger partial charge < -0.3 is 10.1 Å². The van der Waals surface area contributed by atoms with Gasteiger partial charge in [0.2, 0.25) is 0 Å². The Morgan fingerprint density at radius 2 is 2.05 bits per heavy atom. The number of hydrogen-bond acceptors (Lipinski definition) is 5. The average Bonchev–Trinajstić information content (AvgIpc) is 2.52. The molecule has 4 nitrogen and oxygen atoms in total. The number of thioether (sulfide) groups is 1. The summed E-state index contributed by atoms with van der Waals surface area (Å²) in [4.78, 5) is 9.75. The van der Waals surface area contributed by atoms with E-state index in [1.807, 2.05) is 6.07 Å². The first kappa shape index (κ1) is 15.9. The quantitative estimate of drug-likeness (QED) is 0.600. The lowest BCUT2D eigenvalue weighted by Gasteiger charge is -2.05. The largest absolute Gasteiger partial charge is 0.383 e. The summed E-state index contributed by atoms with van der Waals surface area (Å²) >= 11 is 1.59. The van der Waals surface area contributed by atoms with Gasteiger partial charge in [-0.3, -0.25) is 0 Å². The Labute approximate surface area is 128 Å². The van der Waals surface area contributed by atoms with Crippen LogP contribution >= 0.6 is 11.8 Å². The molecule has 1 aromatic heterocycles. The van der Waals surface area contributed by atoms with E-state index >= 15 is 0 Å². The van der Waals surface area contributed by atoms with E-state index in [9.17, 15) is 4.39 Å². The van der Waals surface area contributed by atoms with Crippen LogP contribution in [0.1, 0.15) is 11.5 Å². The minimum atomic E-state index is -0.222. The molecule has 0 aliphatic heterocycles. The predicted octanol–water partition coefficient (Wildman–Crippen LogP) is 2.64. The van der Waals surface area contributed by atoms with Crippen LogP contribution in [0.2, 0.25) is 0 Å². The molecule has 0 aliphatic rings. The highest BCUT2D eigenvalue weighted by Crippen LogP contribution is 2.21. The van der Waals surface area contributed by atoms with Gasteiger partial charge in [-0.1, -0.05) is 0 Å². The third-order valence-corrected chi connectivity index (χ3v) is 3.74. The van der Waals surface area contributed by atoms with Crippen LogP contribution in [0.5, 0.6) is 0 Å². The molecule has 0 saturated carbocycles. The van der Waals surface area contributed by atoms with Gasteiger partial charge in [-0.05, 0) is 30.3 Å². The number of hydrogen-bond donors (Lipinski definition) is 1. The standard InChI is InChI=1S/C15H18FN3OS/c1-20-9-8-17-10-13-6-7-18-15(19-13)11-21-14-4-2-12(16)3-5-14/h2-7,17H,8-11H2,1H3. The number of benzene rings is 1. The van der Waals surface area contributed by atoms with Crippen molar-refractivity contribution >= 4 is 11.8 Å². The number of nitrogens with zero attached hydrogens (tertiary/aromatic N) is 2. The van der Waals surface area contributed by atoms with Gasteiger partial charge in [0.1, 0.15) is 11.6 Å². The maximum atomic E-state index is 12.8. The molecule has 1 heterocycles. The van der Waals surface area contributed by atoms with E-state index in [-0.39, 0.29) is 5.82 Å². The van der Waals surface area contributed by atoms with E-state index in [4.69, 9.17) is 4.74 Å². The van der Waals surface area contributed by atoms with Crippen molar-refractivity contribution in [3.63, 3.8) is 0 Å². The van der Waals surface area contributed by atoms with Crippen LogP contribution in [0.4, 0.5) is 4.39 Å². The minimum absolute atomic E-state index is 0.222. The third-order valence-electron chi connectivity index (χ3n) is 2.73. The highest BCUT2D eigenvalue weighted by atomic mass is 32.2. The van der Waals surface area contributed by atoms with Gasteiger partial charge in [0, 0.05) is 31.3 Å². The van der Waals surface area contributed by atoms with Crippen molar-refractivity contribution in [3.8, 4) is 0 Å². The summed E-state index contributed by atoms with van der Waals surface area (Å²) < 4.78 is 17.8. The van der Waals surface area contributed by atoms with Crippen LogP contribution < -0.4 is 5.32 Å². The van der Waals surface area contributed by atoms with E-state index < -0.39 is 0 Å². The van der Waals surface area contributed by atoms with Crippen LogP contribution in [-0.2, 0) is 17.0 Å². The fourth-order valence-corrected chi connectivity index (χ4v) is 2.44. The molecule has 0 atom stereocenters. The number of rotatable bonds is 8. The fraction of sp³-hybridized carbons (Fsp3) is 0.333. The molecule has 0 saturated heterocycles. The molecule has 1 N–H and O–H groups in total. The number of aromatic nitrogens is 2. The van der Waals surface area contributed by atoms with Crippen molar-refractivity contribution in [2.24, 2.45) is 0 Å². The van der Waals surface area contributed by atoms with Crippen molar-refractivity contribution in [2.45, 2.75) is 17.2 Å². The molecule has 0 aliphatic carbocycles. The second kappa shape index (κ2) is 8.71. The number of nitrogens with one attached hydrogen (secondary N) is 1. The summed E-state index contributed by atoms with van der Waals surface area (Å²) in [7, 11) is 1.68. The van der Waals surface area contributed by atoms with Gasteiger partial charge in [-0.2, -0.15) is 0 Å². The Bertz CT molecular complexity index is 551. The van der Waals surface area contributed by atoms with Crippen molar-refractivity contribution in [1.29, 1.82) is 0 Å². The predicted molar refractivity (Wildman–Crippen MR) is 81.6 cm³/mol. The van der Waals surface area contributed by atoms with E-state index in [1.165, 1.54) is 12.1 Å². The maximum absolute atomic E-state index is 12.8. The van der Waals surface area contributed by atoms with Crippen molar-refractivity contribution < 1.29 is 9.13 Å². The van der Waals surface area contributed by atoms with E-state index in [0.29, 0.717) is 18.9 Å². The molecule has 0 spiro atoms. The monoisotopic (exact) mass is 307 g/mol. The van der Waals surface area contributed by atoms with Gasteiger partial charge in [0.15, 0.2) is 0 Å². The summed E-state index contributed by atoms with van der Waals surface area (Å²) in [5, 5.41) is 3.25. The summed E-state index contributed by atoms with van der Waals surface area (Å²) in [5.41, 5.74) is 0.954. The highest BCUT2D eigenvalue weighted by Gasteiger charge is 2.02. The Balaban J connectivity index is 1.84. The van der Waals surface area contributed by atoms with E-state index in [0.717, 1.165) is 23.0 Å². The molecular weight excluding hydrogens is 289 g/mol. The van der Waals surface area contributed by atoms with Crippen LogP contribution in [0, 0.1) is 5.82 Å². The zero-order valence-corrected chi connectivity index (χ0v) is 12.7. The van der Waals surface area contributed by atoms with Crippen LogP contribution in [0.15, 0.2) is 41.4 Å². The molecule has 0 radical (unpaired) electrons. The SMILES string of the molecule is COCCNCc1ccnc(CSc2ccc(F)cc2)n1. The second-order valence-electron chi connectivity index (χ2n) is 4.38. The van der Waals surface area contributed by atoms with Gasteiger partial charge in [0.25, 0.3) is 0 Å². The van der Waals surface area contributed by atoms with Gasteiger partial charge in [0.05, 0.1) is 18.1 Å². The van der Waals surface area contributed by atoms with Gasteiger partial charge in [-0.25, -0.2) is 14.4 Å². The molecule has 0 bridgehead atoms. The lowest BCUT2D eigenvalue weighted by Crippen LogP contribution is -2.19. The van der Waals surface area contributed by atoms with Crippen LogP contribution in [0.3, 0.4) is 0 Å². The molecule has 2 rings (SSSR count). The molecule has 6 heteroatoms. The normalized spacial score (nSPS) is 10.8. The summed E-state index contributed by atoms with van der Waals surface area (Å²) in [6.45, 7) is 2.17. The Morgan fingerprint density at radius 1 is 1.24 bits per heavy atom. The van der Waals surface area contributed by atoms with Crippen LogP contribution in [-0.4, -0.2) is 30.2 Å². The van der Waals surface area contributed by atoms with Crippen molar-refractivity contribution in [3.05, 3.63) is 53.9 Å². The maximum Gasteiger partial charge on any atom is 0.138 e. The Hall–Kier alpha value is -1.50. The average molecular weight is 307 g/mol. The second-order valence-corrected chi connectivity index (χ2v) is 5.43. The lowest BCUT2D eigenvalue weighted by molar-refractivity contribution is 0.199. The van der Waals surface area contributed by atoms with Gasteiger partial charge in [-0.15, -0.1) is 11.8 Å². The summed E-state index contributed by atoms with van der Waals surface area (Å²) in [5.74, 6) is 1.22. The summed E-state index contributed by atoms with van der Waals surface area (Å²) in [6, 6.07) is 8.33. The van der Waals surface area contributed by atoms with Crippen molar-refractivity contribution in [1.82, 2.24) is 15.3 Å². The minimum Gasteiger partial charge on any atom is -0.383 e. The van der Waals surface area contributed by atoms with Gasteiger partial charge >= 0.3 is 0 Å². The molecular formula is C15H18FN3OS. The first-order chi connectivity index (χ1) is 10.3. The topological polar surface area (TPSA) is 47.0 Å².